The van der Waals surface area contributed by atoms with Crippen molar-refractivity contribution in [1.82, 2.24) is 19.6 Å². The third-order valence-electron chi connectivity index (χ3n) is 4.20. The molecule has 1 N–H and O–H groups in total. The van der Waals surface area contributed by atoms with Crippen LogP contribution >= 0.6 is 0 Å². The van der Waals surface area contributed by atoms with E-state index in [0.29, 0.717) is 6.54 Å². The molecule has 0 atom stereocenters. The standard InChI is InChI=1S/C16H22N4O/c1-12-4-6-20-14(8-12)18-13(9-15(20)21)10-19-7-5-17-11-16(19,2)3/h4,6,8-9,17H,5,7,10-11H2,1-3H3. The fourth-order valence-electron chi connectivity index (χ4n) is 2.85. The third kappa shape index (κ3) is 2.84. The zero-order chi connectivity index (χ0) is 15.0. The second-order valence-corrected chi connectivity index (χ2v) is 6.43. The number of nitrogens with one attached hydrogen (secondary N) is 1. The highest BCUT2D eigenvalue weighted by Crippen LogP contribution is 2.18. The summed E-state index contributed by atoms with van der Waals surface area (Å²) in [6, 6.07) is 5.53. The zero-order valence-electron chi connectivity index (χ0n) is 12.9. The van der Waals surface area contributed by atoms with Gasteiger partial charge in [-0.05, 0) is 38.5 Å². The Morgan fingerprint density at radius 1 is 1.38 bits per heavy atom. The number of fused-ring (bicyclic) bond motifs is 1. The summed E-state index contributed by atoms with van der Waals surface area (Å²) in [6.45, 7) is 10.1. The number of aromatic nitrogens is 2. The van der Waals surface area contributed by atoms with Gasteiger partial charge in [-0.15, -0.1) is 0 Å². The number of rotatable bonds is 2. The zero-order valence-corrected chi connectivity index (χ0v) is 12.9. The van der Waals surface area contributed by atoms with E-state index in [2.05, 4.69) is 29.0 Å². The fourth-order valence-corrected chi connectivity index (χ4v) is 2.85. The second-order valence-electron chi connectivity index (χ2n) is 6.43. The van der Waals surface area contributed by atoms with Crippen molar-refractivity contribution in [2.75, 3.05) is 19.6 Å². The molecule has 0 unspecified atom stereocenters. The van der Waals surface area contributed by atoms with Crippen molar-refractivity contribution in [2.24, 2.45) is 0 Å². The second kappa shape index (κ2) is 5.24. The first-order valence-corrected chi connectivity index (χ1v) is 7.40. The highest BCUT2D eigenvalue weighted by atomic mass is 16.1. The molecule has 1 aliphatic heterocycles. The Labute approximate surface area is 124 Å². The molecule has 5 nitrogen and oxygen atoms in total. The molecule has 1 fully saturated rings. The van der Waals surface area contributed by atoms with Crippen LogP contribution in [0.2, 0.25) is 0 Å². The maximum atomic E-state index is 12.2. The quantitative estimate of drug-likeness (QED) is 0.901. The van der Waals surface area contributed by atoms with Gasteiger partial charge in [-0.1, -0.05) is 0 Å². The maximum absolute atomic E-state index is 12.2. The number of aryl methyl sites for hydroxylation is 1. The van der Waals surface area contributed by atoms with E-state index < -0.39 is 0 Å². The highest BCUT2D eigenvalue weighted by molar-refractivity contribution is 5.41. The van der Waals surface area contributed by atoms with E-state index in [1.807, 2.05) is 19.1 Å². The SMILES string of the molecule is Cc1ccn2c(=O)cc(CN3CCNCC3(C)C)nc2c1. The van der Waals surface area contributed by atoms with Crippen LogP contribution in [0.25, 0.3) is 5.65 Å². The van der Waals surface area contributed by atoms with Gasteiger partial charge < -0.3 is 5.32 Å². The number of hydrogen-bond acceptors (Lipinski definition) is 4. The van der Waals surface area contributed by atoms with E-state index in [-0.39, 0.29) is 11.1 Å². The van der Waals surface area contributed by atoms with E-state index in [1.165, 1.54) is 0 Å². The minimum Gasteiger partial charge on any atom is -0.314 e. The van der Waals surface area contributed by atoms with Gasteiger partial charge in [-0.3, -0.25) is 14.1 Å². The minimum atomic E-state index is -0.0112. The molecular formula is C16H22N4O. The molecule has 0 spiro atoms. The topological polar surface area (TPSA) is 49.6 Å². The lowest BCUT2D eigenvalue weighted by molar-refractivity contribution is 0.0814. The summed E-state index contributed by atoms with van der Waals surface area (Å²) in [5.74, 6) is 0. The summed E-state index contributed by atoms with van der Waals surface area (Å²) in [5.41, 5.74) is 2.76. The summed E-state index contributed by atoms with van der Waals surface area (Å²) in [5, 5.41) is 3.41. The molecule has 1 aliphatic rings. The molecule has 5 heteroatoms. The molecule has 0 saturated carbocycles. The maximum Gasteiger partial charge on any atom is 0.258 e. The molecule has 3 heterocycles. The van der Waals surface area contributed by atoms with E-state index in [9.17, 15) is 4.79 Å². The average molecular weight is 286 g/mol. The molecular weight excluding hydrogens is 264 g/mol. The van der Waals surface area contributed by atoms with Gasteiger partial charge in [0, 0.05) is 44.0 Å². The van der Waals surface area contributed by atoms with Gasteiger partial charge in [0.25, 0.3) is 5.56 Å². The van der Waals surface area contributed by atoms with Crippen LogP contribution in [0.5, 0.6) is 0 Å². The van der Waals surface area contributed by atoms with Gasteiger partial charge >= 0.3 is 0 Å². The Hall–Kier alpha value is -1.72. The first kappa shape index (κ1) is 14.2. The first-order valence-electron chi connectivity index (χ1n) is 7.40. The van der Waals surface area contributed by atoms with Gasteiger partial charge in [-0.2, -0.15) is 0 Å². The third-order valence-corrected chi connectivity index (χ3v) is 4.20. The van der Waals surface area contributed by atoms with Crippen molar-refractivity contribution < 1.29 is 0 Å². The normalized spacial score (nSPS) is 19.0. The molecule has 21 heavy (non-hydrogen) atoms. The minimum absolute atomic E-state index is 0.0112. The first-order chi connectivity index (χ1) is 9.95. The summed E-state index contributed by atoms with van der Waals surface area (Å²) < 4.78 is 1.60. The molecule has 3 rings (SSSR count). The lowest BCUT2D eigenvalue weighted by atomic mass is 10.00. The molecule has 2 aromatic heterocycles. The van der Waals surface area contributed by atoms with E-state index >= 15 is 0 Å². The fraction of sp³-hybridized carbons (Fsp3) is 0.500. The largest absolute Gasteiger partial charge is 0.314 e. The van der Waals surface area contributed by atoms with Gasteiger partial charge in [0.2, 0.25) is 0 Å². The van der Waals surface area contributed by atoms with Gasteiger partial charge in [-0.25, -0.2) is 4.98 Å². The van der Waals surface area contributed by atoms with E-state index in [0.717, 1.165) is 36.5 Å². The smallest absolute Gasteiger partial charge is 0.258 e. The van der Waals surface area contributed by atoms with Crippen LogP contribution in [0.1, 0.15) is 25.1 Å². The summed E-state index contributed by atoms with van der Waals surface area (Å²) in [7, 11) is 0. The predicted molar refractivity (Wildman–Crippen MR) is 83.6 cm³/mol. The Morgan fingerprint density at radius 3 is 2.95 bits per heavy atom. The molecule has 0 aliphatic carbocycles. The molecule has 1 saturated heterocycles. The van der Waals surface area contributed by atoms with Crippen LogP contribution in [0.3, 0.4) is 0 Å². The van der Waals surface area contributed by atoms with Crippen molar-refractivity contribution in [1.29, 1.82) is 0 Å². The number of pyridine rings is 1. The average Bonchev–Trinajstić information content (AvgIpc) is 2.40. The van der Waals surface area contributed by atoms with E-state index in [4.69, 9.17) is 0 Å². The molecule has 2 aromatic rings. The van der Waals surface area contributed by atoms with Crippen LogP contribution in [0.15, 0.2) is 29.2 Å². The lowest BCUT2D eigenvalue weighted by Gasteiger charge is -2.42. The van der Waals surface area contributed by atoms with Crippen molar-refractivity contribution in [2.45, 2.75) is 32.9 Å². The number of nitrogens with zero attached hydrogens (tertiary/aromatic N) is 3. The van der Waals surface area contributed by atoms with Crippen LogP contribution in [-0.4, -0.2) is 39.5 Å². The monoisotopic (exact) mass is 286 g/mol. The van der Waals surface area contributed by atoms with Crippen molar-refractivity contribution in [3.63, 3.8) is 0 Å². The van der Waals surface area contributed by atoms with Crippen LogP contribution < -0.4 is 10.9 Å². The molecule has 0 bridgehead atoms. The lowest BCUT2D eigenvalue weighted by Crippen LogP contribution is -2.57. The van der Waals surface area contributed by atoms with Gasteiger partial charge in [0.1, 0.15) is 5.65 Å². The highest BCUT2D eigenvalue weighted by Gasteiger charge is 2.29. The van der Waals surface area contributed by atoms with Crippen LogP contribution in [0.4, 0.5) is 0 Å². The van der Waals surface area contributed by atoms with Crippen molar-refractivity contribution in [3.05, 3.63) is 46.0 Å². The predicted octanol–water partition coefficient (Wildman–Crippen LogP) is 1.19. The number of hydrogen-bond donors (Lipinski definition) is 1. The molecule has 112 valence electrons. The Kier molecular flexibility index (Phi) is 3.55. The molecule has 0 amide bonds. The van der Waals surface area contributed by atoms with Gasteiger partial charge in [0.05, 0.1) is 5.69 Å². The van der Waals surface area contributed by atoms with Crippen molar-refractivity contribution in [3.8, 4) is 0 Å². The summed E-state index contributed by atoms with van der Waals surface area (Å²) >= 11 is 0. The van der Waals surface area contributed by atoms with E-state index in [1.54, 1.807) is 16.7 Å². The van der Waals surface area contributed by atoms with Crippen LogP contribution in [-0.2, 0) is 6.54 Å². The van der Waals surface area contributed by atoms with Gasteiger partial charge in [0.15, 0.2) is 0 Å². The summed E-state index contributed by atoms with van der Waals surface area (Å²) in [6.07, 6.45) is 1.79. The van der Waals surface area contributed by atoms with Crippen LogP contribution in [0, 0.1) is 6.92 Å². The van der Waals surface area contributed by atoms with Crippen molar-refractivity contribution >= 4 is 5.65 Å². The summed E-state index contributed by atoms with van der Waals surface area (Å²) in [4.78, 5) is 19.2. The Balaban J connectivity index is 1.95. The molecule has 0 aromatic carbocycles. The number of piperazine rings is 1. The Morgan fingerprint density at radius 2 is 2.19 bits per heavy atom. The molecule has 0 radical (unpaired) electrons. The Bertz CT molecular complexity index is 720.